The van der Waals surface area contributed by atoms with Gasteiger partial charge in [0.2, 0.25) is 17.7 Å². The molecule has 2 rings (SSSR count). The van der Waals surface area contributed by atoms with Crippen molar-refractivity contribution in [3.8, 4) is 0 Å². The van der Waals surface area contributed by atoms with Crippen molar-refractivity contribution < 1.29 is 52.4 Å². The number of aliphatic hydroxyl groups is 1. The fraction of sp³-hybridized carbons (Fsp3) is 0.515. The number of anilines is 1. The van der Waals surface area contributed by atoms with Gasteiger partial charge in [-0.25, -0.2) is 9.36 Å². The highest BCUT2D eigenvalue weighted by atomic mass is 31.2. The smallest absolute Gasteiger partial charge is 0.392 e. The number of imide groups is 1. The molecule has 0 spiro atoms. The highest BCUT2D eigenvalue weighted by Crippen LogP contribution is 2.44. The molecule has 0 saturated carbocycles. The lowest BCUT2D eigenvalue weighted by Gasteiger charge is -2.25. The molecule has 17 nitrogen and oxygen atoms in total. The summed E-state index contributed by atoms with van der Waals surface area (Å²) in [6.07, 6.45) is 6.00. The summed E-state index contributed by atoms with van der Waals surface area (Å²) in [6, 6.07) is 3.44. The zero-order valence-corrected chi connectivity index (χ0v) is 30.0. The van der Waals surface area contributed by atoms with Crippen molar-refractivity contribution in [1.82, 2.24) is 20.9 Å². The molecule has 8 N–H and O–H groups in total. The lowest BCUT2D eigenvalue weighted by Crippen LogP contribution is -2.54. The number of nitrogens with one attached hydrogen (secondary N) is 4. The van der Waals surface area contributed by atoms with Crippen molar-refractivity contribution in [3.05, 3.63) is 53.6 Å². The van der Waals surface area contributed by atoms with E-state index in [2.05, 4.69) is 21.3 Å². The van der Waals surface area contributed by atoms with Crippen LogP contribution in [0.3, 0.4) is 0 Å². The number of unbranched alkanes of at least 4 members (excludes halogenated alkanes) is 2. The van der Waals surface area contributed by atoms with Gasteiger partial charge in [-0.3, -0.25) is 37.9 Å². The number of amides is 7. The Labute approximate surface area is 297 Å². The summed E-state index contributed by atoms with van der Waals surface area (Å²) in [7, 11) is -4.37. The van der Waals surface area contributed by atoms with E-state index in [0.29, 0.717) is 42.5 Å². The SMILES string of the molecule is C/C(=C\COP(=O)(O)OCc1ccc(NC(=O)[C@H](CCCNC(N)=O)NC(=O)[C@@H](NC(=O)CCCCCN2C(=O)C=CC2=O)C(C)C)cc1)CO. The average Bonchev–Trinajstić information content (AvgIpc) is 3.39. The number of rotatable bonds is 23. The fourth-order valence-corrected chi connectivity index (χ4v) is 5.31. The third kappa shape index (κ3) is 16.4. The third-order valence-corrected chi connectivity index (χ3v) is 8.52. The van der Waals surface area contributed by atoms with E-state index in [0.717, 1.165) is 4.90 Å². The summed E-state index contributed by atoms with van der Waals surface area (Å²) in [6.45, 7) is 4.83. The maximum atomic E-state index is 13.4. The quantitative estimate of drug-likeness (QED) is 0.0369. The lowest BCUT2D eigenvalue weighted by molar-refractivity contribution is -0.137. The number of hydrogen-bond donors (Lipinski definition) is 7. The predicted octanol–water partition coefficient (Wildman–Crippen LogP) is 1.76. The van der Waals surface area contributed by atoms with Crippen molar-refractivity contribution in [2.45, 2.75) is 78.0 Å². The molecule has 1 aromatic rings. The first-order chi connectivity index (χ1) is 24.1. The number of benzene rings is 1. The number of phosphoric acid groups is 1. The van der Waals surface area contributed by atoms with E-state index in [9.17, 15) is 38.2 Å². The Hall–Kier alpha value is -4.41. The molecule has 0 aliphatic carbocycles. The second-order valence-electron chi connectivity index (χ2n) is 12.2. The number of phosphoric ester groups is 1. The van der Waals surface area contributed by atoms with Crippen LogP contribution in [0.5, 0.6) is 0 Å². The highest BCUT2D eigenvalue weighted by Gasteiger charge is 2.29. The van der Waals surface area contributed by atoms with Crippen molar-refractivity contribution in [2.24, 2.45) is 11.7 Å². The Morgan fingerprint density at radius 3 is 2.24 bits per heavy atom. The van der Waals surface area contributed by atoms with Gasteiger partial charge in [-0.2, -0.15) is 0 Å². The zero-order valence-electron chi connectivity index (χ0n) is 29.1. The minimum Gasteiger partial charge on any atom is -0.392 e. The Balaban J connectivity index is 1.95. The first kappa shape index (κ1) is 42.8. The molecule has 51 heavy (non-hydrogen) atoms. The minimum atomic E-state index is -4.37. The Morgan fingerprint density at radius 2 is 1.63 bits per heavy atom. The predicted molar refractivity (Wildman–Crippen MR) is 186 cm³/mol. The molecule has 18 heteroatoms. The Morgan fingerprint density at radius 1 is 0.961 bits per heavy atom. The van der Waals surface area contributed by atoms with Crippen LogP contribution in [-0.2, 0) is 44.2 Å². The number of urea groups is 1. The van der Waals surface area contributed by atoms with E-state index in [4.69, 9.17) is 19.9 Å². The molecular weight excluding hydrogens is 687 g/mol. The first-order valence-corrected chi connectivity index (χ1v) is 18.1. The van der Waals surface area contributed by atoms with Crippen molar-refractivity contribution in [1.29, 1.82) is 0 Å². The molecule has 282 valence electrons. The van der Waals surface area contributed by atoms with Crippen molar-refractivity contribution in [2.75, 3.05) is 31.6 Å². The van der Waals surface area contributed by atoms with E-state index in [1.807, 2.05) is 0 Å². The molecule has 0 saturated heterocycles. The summed E-state index contributed by atoms with van der Waals surface area (Å²) < 4.78 is 22.0. The third-order valence-electron chi connectivity index (χ3n) is 7.59. The van der Waals surface area contributed by atoms with Gasteiger partial charge in [-0.05, 0) is 61.8 Å². The van der Waals surface area contributed by atoms with Gasteiger partial charge in [0, 0.05) is 37.3 Å². The zero-order chi connectivity index (χ0) is 38.0. The number of nitrogens with two attached hydrogens (primary N) is 1. The average molecular weight is 737 g/mol. The second kappa shape index (κ2) is 21.7. The summed E-state index contributed by atoms with van der Waals surface area (Å²) >= 11 is 0. The maximum absolute atomic E-state index is 13.4. The Bertz CT molecular complexity index is 1460. The summed E-state index contributed by atoms with van der Waals surface area (Å²) in [5.74, 6) is -2.56. The van der Waals surface area contributed by atoms with Crippen LogP contribution in [0.1, 0.15) is 64.9 Å². The standard InChI is InChI=1S/C33H49N6O11P/c1-22(2)30(38-27(41)9-5-4-6-18-39-28(42)14-15-29(39)43)32(45)37-26(8-7-17-35-33(34)46)31(44)36-25-12-10-24(11-13-25)21-50-51(47,48)49-19-16-23(3)20-40/h10-16,22,26,30,40H,4-9,17-21H2,1-3H3,(H,36,44)(H,37,45)(H,38,41)(H,47,48)(H3,34,35,46)/b23-16+/t26-,30-/m0/s1. The van der Waals surface area contributed by atoms with Gasteiger partial charge in [0.15, 0.2) is 0 Å². The number of nitrogens with zero attached hydrogens (tertiary/aromatic N) is 1. The van der Waals surface area contributed by atoms with Gasteiger partial charge in [0.25, 0.3) is 11.8 Å². The molecule has 0 bridgehead atoms. The van der Waals surface area contributed by atoms with Crippen LogP contribution < -0.4 is 27.0 Å². The van der Waals surface area contributed by atoms with E-state index >= 15 is 0 Å². The first-order valence-electron chi connectivity index (χ1n) is 16.6. The fourth-order valence-electron chi connectivity index (χ4n) is 4.66. The van der Waals surface area contributed by atoms with Gasteiger partial charge in [-0.1, -0.05) is 38.5 Å². The van der Waals surface area contributed by atoms with Crippen LogP contribution in [0.2, 0.25) is 0 Å². The van der Waals surface area contributed by atoms with Crippen LogP contribution in [-0.4, -0.2) is 88.9 Å². The van der Waals surface area contributed by atoms with Crippen molar-refractivity contribution in [3.63, 3.8) is 0 Å². The maximum Gasteiger partial charge on any atom is 0.472 e. The monoisotopic (exact) mass is 736 g/mol. The number of aliphatic hydroxyl groups excluding tert-OH is 1. The number of carbonyl (C=O) groups is 6. The molecule has 1 aliphatic rings. The van der Waals surface area contributed by atoms with E-state index in [1.165, 1.54) is 30.4 Å². The van der Waals surface area contributed by atoms with Gasteiger partial charge >= 0.3 is 13.9 Å². The molecular formula is C33H49N6O11P. The normalized spacial score (nSPS) is 15.3. The second-order valence-corrected chi connectivity index (χ2v) is 13.6. The van der Waals surface area contributed by atoms with Crippen LogP contribution in [0.4, 0.5) is 10.5 Å². The molecule has 1 aromatic carbocycles. The summed E-state index contributed by atoms with van der Waals surface area (Å²) in [5.41, 5.74) is 6.55. The molecule has 7 amide bonds. The molecule has 0 radical (unpaired) electrons. The van der Waals surface area contributed by atoms with E-state index < -0.39 is 37.8 Å². The minimum absolute atomic E-state index is 0.116. The highest BCUT2D eigenvalue weighted by molar-refractivity contribution is 7.47. The number of carbonyl (C=O) groups excluding carboxylic acids is 6. The summed E-state index contributed by atoms with van der Waals surface area (Å²) in [5, 5.41) is 19.6. The van der Waals surface area contributed by atoms with E-state index in [-0.39, 0.29) is 69.4 Å². The van der Waals surface area contributed by atoms with Crippen LogP contribution in [0.15, 0.2) is 48.1 Å². The van der Waals surface area contributed by atoms with Gasteiger partial charge in [-0.15, -0.1) is 0 Å². The molecule has 1 aliphatic heterocycles. The molecule has 0 aromatic heterocycles. The molecule has 3 atom stereocenters. The van der Waals surface area contributed by atoms with Gasteiger partial charge in [0.05, 0.1) is 19.8 Å². The van der Waals surface area contributed by atoms with Crippen LogP contribution in [0, 0.1) is 5.92 Å². The summed E-state index contributed by atoms with van der Waals surface area (Å²) in [4.78, 5) is 84.9. The number of primary amides is 1. The van der Waals surface area contributed by atoms with Crippen molar-refractivity contribution >= 4 is 49.1 Å². The molecule has 1 unspecified atom stereocenters. The van der Waals surface area contributed by atoms with E-state index in [1.54, 1.807) is 32.9 Å². The molecule has 1 heterocycles. The Kier molecular flexibility index (Phi) is 18.2. The van der Waals surface area contributed by atoms with Gasteiger partial charge < -0.3 is 37.0 Å². The largest absolute Gasteiger partial charge is 0.472 e. The van der Waals surface area contributed by atoms with Crippen LogP contribution >= 0.6 is 7.82 Å². The molecule has 0 fully saturated rings. The lowest BCUT2D eigenvalue weighted by atomic mass is 10.0. The topological polar surface area (TPSA) is 256 Å². The number of hydrogen-bond acceptors (Lipinski definition) is 10. The van der Waals surface area contributed by atoms with Crippen LogP contribution in [0.25, 0.3) is 0 Å². The van der Waals surface area contributed by atoms with Gasteiger partial charge in [0.1, 0.15) is 12.1 Å².